The van der Waals surface area contributed by atoms with Crippen LogP contribution < -0.4 is 20.1 Å². The van der Waals surface area contributed by atoms with Crippen LogP contribution in [0, 0.1) is 10.1 Å². The number of nitro groups is 1. The summed E-state index contributed by atoms with van der Waals surface area (Å²) in [6.45, 7) is 2.40. The van der Waals surface area contributed by atoms with E-state index in [1.54, 1.807) is 24.3 Å². The minimum Gasteiger partial charge on any atom is -0.493 e. The first-order chi connectivity index (χ1) is 14.9. The number of rotatable bonds is 9. The first-order valence-electron chi connectivity index (χ1n) is 9.53. The van der Waals surface area contributed by atoms with Gasteiger partial charge >= 0.3 is 0 Å². The van der Waals surface area contributed by atoms with Crippen molar-refractivity contribution in [3.05, 3.63) is 63.8 Å². The zero-order valence-electron chi connectivity index (χ0n) is 17.1. The Morgan fingerprint density at radius 1 is 1.13 bits per heavy atom. The largest absolute Gasteiger partial charge is 0.493 e. The highest BCUT2D eigenvalue weighted by Gasteiger charge is 2.16. The number of nitrogens with one attached hydrogen (secondary N) is 3. The molecule has 0 aliphatic carbocycles. The molecule has 0 saturated heterocycles. The molecule has 0 unspecified atom stereocenters. The van der Waals surface area contributed by atoms with E-state index in [-0.39, 0.29) is 30.7 Å². The summed E-state index contributed by atoms with van der Waals surface area (Å²) in [4.78, 5) is 37.6. The van der Waals surface area contributed by atoms with Crippen molar-refractivity contribution in [1.82, 2.24) is 15.6 Å². The van der Waals surface area contributed by atoms with Gasteiger partial charge in [0, 0.05) is 42.3 Å². The molecule has 2 amide bonds. The van der Waals surface area contributed by atoms with Crippen LogP contribution in [0.15, 0.2) is 42.6 Å². The lowest BCUT2D eigenvalue weighted by atomic mass is 10.1. The van der Waals surface area contributed by atoms with Gasteiger partial charge in [0.25, 0.3) is 17.5 Å². The van der Waals surface area contributed by atoms with Gasteiger partial charge in [-0.2, -0.15) is 0 Å². The standard InChI is InChI=1S/C21H22N4O6/c1-3-22-20(26)12-31-18-7-4-13(8-19(18)30-2)10-24-21(27)16-11-23-17-6-5-14(25(28)29)9-15(16)17/h4-9,11,23H,3,10,12H2,1-2H3,(H,22,26)(H,24,27). The molecule has 0 aliphatic heterocycles. The topological polar surface area (TPSA) is 136 Å². The highest BCUT2D eigenvalue weighted by atomic mass is 16.6. The Kier molecular flexibility index (Phi) is 6.71. The molecule has 1 heterocycles. The minimum absolute atomic E-state index is 0.0888. The zero-order chi connectivity index (χ0) is 22.4. The van der Waals surface area contributed by atoms with Crippen molar-refractivity contribution in [2.24, 2.45) is 0 Å². The number of likely N-dealkylation sites (N-methyl/N-ethyl adjacent to an activating group) is 1. The van der Waals surface area contributed by atoms with Crippen LogP contribution in [0.4, 0.5) is 5.69 Å². The van der Waals surface area contributed by atoms with Crippen molar-refractivity contribution < 1.29 is 24.0 Å². The molecule has 2 aromatic carbocycles. The number of hydrogen-bond donors (Lipinski definition) is 3. The number of carbonyl (C=O) groups is 2. The number of methoxy groups -OCH3 is 1. The number of hydrogen-bond acceptors (Lipinski definition) is 6. The van der Waals surface area contributed by atoms with E-state index in [1.165, 1.54) is 25.4 Å². The zero-order valence-corrected chi connectivity index (χ0v) is 17.1. The molecule has 3 rings (SSSR count). The number of nitrogens with zero attached hydrogens (tertiary/aromatic N) is 1. The maximum Gasteiger partial charge on any atom is 0.270 e. The van der Waals surface area contributed by atoms with Crippen molar-refractivity contribution >= 4 is 28.4 Å². The van der Waals surface area contributed by atoms with Crippen LogP contribution in [-0.2, 0) is 11.3 Å². The smallest absolute Gasteiger partial charge is 0.270 e. The van der Waals surface area contributed by atoms with E-state index in [0.29, 0.717) is 34.5 Å². The van der Waals surface area contributed by atoms with E-state index in [2.05, 4.69) is 15.6 Å². The molecule has 1 aromatic heterocycles. The minimum atomic E-state index is -0.504. The van der Waals surface area contributed by atoms with E-state index in [9.17, 15) is 19.7 Å². The summed E-state index contributed by atoms with van der Waals surface area (Å²) in [5.74, 6) is 0.230. The van der Waals surface area contributed by atoms with Gasteiger partial charge in [-0.15, -0.1) is 0 Å². The van der Waals surface area contributed by atoms with Crippen LogP contribution in [0.25, 0.3) is 10.9 Å². The third-order valence-electron chi connectivity index (χ3n) is 4.53. The van der Waals surface area contributed by atoms with Gasteiger partial charge in [-0.1, -0.05) is 6.07 Å². The van der Waals surface area contributed by atoms with Gasteiger partial charge in [0.15, 0.2) is 18.1 Å². The lowest BCUT2D eigenvalue weighted by molar-refractivity contribution is -0.384. The third-order valence-corrected chi connectivity index (χ3v) is 4.53. The monoisotopic (exact) mass is 426 g/mol. The number of non-ortho nitro benzene ring substituents is 1. The molecule has 10 nitrogen and oxygen atoms in total. The number of nitro benzene ring substituents is 1. The van der Waals surface area contributed by atoms with E-state index in [1.807, 2.05) is 6.92 Å². The number of amides is 2. The van der Waals surface area contributed by atoms with Gasteiger partial charge in [0.05, 0.1) is 17.6 Å². The fourth-order valence-electron chi connectivity index (χ4n) is 3.02. The van der Waals surface area contributed by atoms with Crippen LogP contribution in [0.2, 0.25) is 0 Å². The number of benzene rings is 2. The van der Waals surface area contributed by atoms with E-state index < -0.39 is 4.92 Å². The lowest BCUT2D eigenvalue weighted by Crippen LogP contribution is -2.28. The predicted octanol–water partition coefficient (Wildman–Crippen LogP) is 2.53. The van der Waals surface area contributed by atoms with Crippen LogP contribution in [-0.4, -0.2) is 42.0 Å². The van der Waals surface area contributed by atoms with Gasteiger partial charge in [-0.05, 0) is 30.7 Å². The second-order valence-electron chi connectivity index (χ2n) is 6.60. The fourth-order valence-corrected chi connectivity index (χ4v) is 3.02. The molecule has 0 radical (unpaired) electrons. The Morgan fingerprint density at radius 2 is 1.94 bits per heavy atom. The molecule has 3 aromatic rings. The Morgan fingerprint density at radius 3 is 2.65 bits per heavy atom. The first kappa shape index (κ1) is 21.6. The molecule has 0 saturated carbocycles. The van der Waals surface area contributed by atoms with Crippen molar-refractivity contribution in [2.75, 3.05) is 20.3 Å². The Labute approximate surface area is 177 Å². The van der Waals surface area contributed by atoms with Gasteiger partial charge in [0.1, 0.15) is 0 Å². The number of H-pyrrole nitrogens is 1. The summed E-state index contributed by atoms with van der Waals surface area (Å²) in [5, 5.41) is 16.9. The van der Waals surface area contributed by atoms with Gasteiger partial charge in [0.2, 0.25) is 0 Å². The Bertz CT molecular complexity index is 1120. The molecular formula is C21H22N4O6. The van der Waals surface area contributed by atoms with Crippen LogP contribution in [0.3, 0.4) is 0 Å². The molecule has 31 heavy (non-hydrogen) atoms. The number of carbonyl (C=O) groups excluding carboxylic acids is 2. The maximum absolute atomic E-state index is 12.6. The average molecular weight is 426 g/mol. The van der Waals surface area contributed by atoms with Crippen LogP contribution in [0.1, 0.15) is 22.8 Å². The molecule has 3 N–H and O–H groups in total. The first-order valence-corrected chi connectivity index (χ1v) is 9.53. The molecular weight excluding hydrogens is 404 g/mol. The molecule has 0 atom stereocenters. The molecule has 0 aliphatic rings. The summed E-state index contributed by atoms with van der Waals surface area (Å²) in [6.07, 6.45) is 1.52. The summed E-state index contributed by atoms with van der Waals surface area (Å²) in [5.41, 5.74) is 1.61. The third kappa shape index (κ3) is 5.10. The highest BCUT2D eigenvalue weighted by Crippen LogP contribution is 2.28. The Balaban J connectivity index is 1.69. The van der Waals surface area contributed by atoms with E-state index in [0.717, 1.165) is 5.56 Å². The second-order valence-corrected chi connectivity index (χ2v) is 6.60. The number of ether oxygens (including phenoxy) is 2. The molecule has 0 spiro atoms. The van der Waals surface area contributed by atoms with E-state index in [4.69, 9.17) is 9.47 Å². The van der Waals surface area contributed by atoms with Crippen molar-refractivity contribution in [2.45, 2.75) is 13.5 Å². The lowest BCUT2D eigenvalue weighted by Gasteiger charge is -2.12. The predicted molar refractivity (Wildman–Crippen MR) is 113 cm³/mol. The maximum atomic E-state index is 12.6. The van der Waals surface area contributed by atoms with Crippen molar-refractivity contribution in [3.8, 4) is 11.5 Å². The van der Waals surface area contributed by atoms with Crippen molar-refractivity contribution in [1.29, 1.82) is 0 Å². The number of aromatic amines is 1. The van der Waals surface area contributed by atoms with Gasteiger partial charge in [-0.25, -0.2) is 0 Å². The molecule has 10 heteroatoms. The summed E-state index contributed by atoms with van der Waals surface area (Å²) in [7, 11) is 1.48. The number of fused-ring (bicyclic) bond motifs is 1. The highest BCUT2D eigenvalue weighted by molar-refractivity contribution is 6.07. The van der Waals surface area contributed by atoms with Gasteiger partial charge < -0.3 is 25.1 Å². The number of aromatic nitrogens is 1. The normalized spacial score (nSPS) is 10.5. The molecule has 162 valence electrons. The summed E-state index contributed by atoms with van der Waals surface area (Å²) < 4.78 is 10.8. The van der Waals surface area contributed by atoms with Crippen LogP contribution >= 0.6 is 0 Å². The van der Waals surface area contributed by atoms with E-state index >= 15 is 0 Å². The van der Waals surface area contributed by atoms with Crippen molar-refractivity contribution in [3.63, 3.8) is 0 Å². The average Bonchev–Trinajstić information content (AvgIpc) is 3.19. The second kappa shape index (κ2) is 9.61. The quantitative estimate of drug-likeness (QED) is 0.355. The molecule has 0 fully saturated rings. The Hall–Kier alpha value is -4.08. The fraction of sp³-hybridized carbons (Fsp3) is 0.238. The SMILES string of the molecule is CCNC(=O)COc1ccc(CNC(=O)c2c[nH]c3ccc([N+](=O)[O-])cc23)cc1OC. The van der Waals surface area contributed by atoms with Gasteiger partial charge in [-0.3, -0.25) is 19.7 Å². The summed E-state index contributed by atoms with van der Waals surface area (Å²) in [6, 6.07) is 9.42. The molecule has 0 bridgehead atoms. The summed E-state index contributed by atoms with van der Waals surface area (Å²) >= 11 is 0. The van der Waals surface area contributed by atoms with Crippen LogP contribution in [0.5, 0.6) is 11.5 Å².